The molecule has 0 bridgehead atoms. The number of hydrogen-bond donors (Lipinski definition) is 1. The van der Waals surface area contributed by atoms with Crippen LogP contribution in [0.15, 0.2) is 32.9 Å². The summed E-state index contributed by atoms with van der Waals surface area (Å²) in [5.74, 6) is 1.70. The molecule has 0 aliphatic rings. The summed E-state index contributed by atoms with van der Waals surface area (Å²) in [4.78, 5) is 6.54. The summed E-state index contributed by atoms with van der Waals surface area (Å²) in [5, 5.41) is 2.89. The molecule has 0 aliphatic carbocycles. The van der Waals surface area contributed by atoms with Crippen LogP contribution in [0.1, 0.15) is 41.9 Å². The highest BCUT2D eigenvalue weighted by atomic mass is 32.2. The molecule has 1 N–H and O–H groups in total. The van der Waals surface area contributed by atoms with E-state index >= 15 is 0 Å². The van der Waals surface area contributed by atoms with Gasteiger partial charge in [-0.2, -0.15) is 0 Å². The first-order valence-electron chi connectivity index (χ1n) is 7.87. The van der Waals surface area contributed by atoms with E-state index < -0.39 is 10.0 Å². The normalized spacial score (nSPS) is 12.2. The van der Waals surface area contributed by atoms with Crippen LogP contribution < -0.4 is 4.72 Å². The summed E-state index contributed by atoms with van der Waals surface area (Å²) in [6.45, 7) is 7.96. The van der Waals surface area contributed by atoms with Crippen molar-refractivity contribution in [3.05, 3.63) is 45.7 Å². The van der Waals surface area contributed by atoms with Gasteiger partial charge >= 0.3 is 0 Å². The second-order valence-corrected chi connectivity index (χ2v) is 9.95. The number of nitrogens with zero attached hydrogens (tertiary/aromatic N) is 1. The Bertz CT molecular complexity index is 981. The average molecular weight is 397 g/mol. The molecule has 0 amide bonds. The van der Waals surface area contributed by atoms with E-state index in [0.29, 0.717) is 16.6 Å². The zero-order chi connectivity index (χ0) is 18.2. The van der Waals surface area contributed by atoms with Crippen LogP contribution in [0.2, 0.25) is 0 Å². The number of thiazole rings is 1. The average Bonchev–Trinajstić information content (AvgIpc) is 3.24. The van der Waals surface area contributed by atoms with E-state index in [1.54, 1.807) is 23.5 Å². The van der Waals surface area contributed by atoms with Crippen LogP contribution in [-0.2, 0) is 16.6 Å². The van der Waals surface area contributed by atoms with Crippen molar-refractivity contribution in [3.63, 3.8) is 0 Å². The summed E-state index contributed by atoms with van der Waals surface area (Å²) in [5.41, 5.74) is 1.03. The summed E-state index contributed by atoms with van der Waals surface area (Å²) in [6.07, 6.45) is 0. The highest BCUT2D eigenvalue weighted by Gasteiger charge is 2.22. The minimum Gasteiger partial charge on any atom is -0.465 e. The van der Waals surface area contributed by atoms with Gasteiger partial charge in [-0.1, -0.05) is 13.8 Å². The van der Waals surface area contributed by atoms with Crippen molar-refractivity contribution in [1.82, 2.24) is 9.71 Å². The van der Waals surface area contributed by atoms with Gasteiger partial charge in [0.1, 0.15) is 16.5 Å². The maximum absolute atomic E-state index is 12.6. The Morgan fingerprint density at radius 3 is 2.64 bits per heavy atom. The van der Waals surface area contributed by atoms with Gasteiger partial charge in [0.15, 0.2) is 0 Å². The van der Waals surface area contributed by atoms with Gasteiger partial charge in [-0.3, -0.25) is 0 Å². The number of rotatable bonds is 6. The Morgan fingerprint density at radius 1 is 1.28 bits per heavy atom. The molecular formula is C17H20N2O3S3. The Kier molecular flexibility index (Phi) is 5.15. The Morgan fingerprint density at radius 2 is 2.04 bits per heavy atom. The standard InChI is InChI=1S/C17H20N2O3S3/c1-10(2)14-9-23-17(19-14)15-7-16(12(4)24-15)25(20,21)18-8-13-6-5-11(3)22-13/h5-7,9-10,18H,8H2,1-4H3. The zero-order valence-corrected chi connectivity index (χ0v) is 16.9. The second kappa shape index (κ2) is 7.03. The summed E-state index contributed by atoms with van der Waals surface area (Å²) >= 11 is 3.00. The van der Waals surface area contributed by atoms with Crippen LogP contribution in [0.3, 0.4) is 0 Å². The third kappa shape index (κ3) is 4.03. The SMILES string of the molecule is Cc1ccc(CNS(=O)(=O)c2cc(-c3nc(C(C)C)cs3)sc2C)o1. The second-order valence-electron chi connectivity index (χ2n) is 6.10. The van der Waals surface area contributed by atoms with E-state index in [1.807, 2.05) is 25.3 Å². The van der Waals surface area contributed by atoms with Crippen LogP contribution in [0.25, 0.3) is 9.88 Å². The fraction of sp³-hybridized carbons (Fsp3) is 0.353. The maximum Gasteiger partial charge on any atom is 0.242 e. The topological polar surface area (TPSA) is 72.2 Å². The maximum atomic E-state index is 12.6. The first kappa shape index (κ1) is 18.3. The Hall–Kier alpha value is -1.48. The number of aryl methyl sites for hydroxylation is 2. The van der Waals surface area contributed by atoms with Crippen LogP contribution in [0.5, 0.6) is 0 Å². The molecule has 0 fully saturated rings. The molecule has 5 nitrogen and oxygen atoms in total. The zero-order valence-electron chi connectivity index (χ0n) is 14.5. The summed E-state index contributed by atoms with van der Waals surface area (Å²) < 4.78 is 33.3. The third-order valence-electron chi connectivity index (χ3n) is 3.72. The number of nitrogens with one attached hydrogen (secondary N) is 1. The predicted octanol–water partition coefficient (Wildman–Crippen LogP) is 4.68. The van der Waals surface area contributed by atoms with E-state index in [2.05, 4.69) is 23.6 Å². The van der Waals surface area contributed by atoms with Crippen molar-refractivity contribution < 1.29 is 12.8 Å². The lowest BCUT2D eigenvalue weighted by Gasteiger charge is -2.04. The highest BCUT2D eigenvalue weighted by Crippen LogP contribution is 2.36. The lowest BCUT2D eigenvalue weighted by atomic mass is 10.2. The fourth-order valence-electron chi connectivity index (χ4n) is 2.33. The molecular weight excluding hydrogens is 376 g/mol. The molecule has 134 valence electrons. The molecule has 0 radical (unpaired) electrons. The molecule has 0 spiro atoms. The molecule has 3 aromatic heterocycles. The van der Waals surface area contributed by atoms with Crippen molar-refractivity contribution in [2.24, 2.45) is 0 Å². The van der Waals surface area contributed by atoms with Crippen molar-refractivity contribution in [2.75, 3.05) is 0 Å². The minimum atomic E-state index is -3.60. The number of hydrogen-bond acceptors (Lipinski definition) is 6. The quantitative estimate of drug-likeness (QED) is 0.656. The Balaban J connectivity index is 1.82. The van der Waals surface area contributed by atoms with E-state index in [1.165, 1.54) is 11.3 Å². The third-order valence-corrected chi connectivity index (χ3v) is 7.46. The smallest absolute Gasteiger partial charge is 0.242 e. The largest absolute Gasteiger partial charge is 0.465 e. The highest BCUT2D eigenvalue weighted by molar-refractivity contribution is 7.89. The van der Waals surface area contributed by atoms with Gasteiger partial charge < -0.3 is 4.42 Å². The van der Waals surface area contributed by atoms with Crippen LogP contribution in [-0.4, -0.2) is 13.4 Å². The van der Waals surface area contributed by atoms with Crippen LogP contribution in [0.4, 0.5) is 0 Å². The molecule has 3 aromatic rings. The first-order valence-corrected chi connectivity index (χ1v) is 11.1. The molecule has 3 rings (SSSR count). The van der Waals surface area contributed by atoms with Crippen molar-refractivity contribution >= 4 is 32.7 Å². The minimum absolute atomic E-state index is 0.134. The number of aromatic nitrogens is 1. The van der Waals surface area contributed by atoms with Crippen LogP contribution >= 0.6 is 22.7 Å². The molecule has 25 heavy (non-hydrogen) atoms. The van der Waals surface area contributed by atoms with Gasteiger partial charge in [-0.25, -0.2) is 18.1 Å². The van der Waals surface area contributed by atoms with E-state index in [0.717, 1.165) is 26.2 Å². The molecule has 0 saturated carbocycles. The monoisotopic (exact) mass is 396 g/mol. The molecule has 0 aromatic carbocycles. The van der Waals surface area contributed by atoms with Gasteiger partial charge in [0.2, 0.25) is 10.0 Å². The lowest BCUT2D eigenvalue weighted by molar-refractivity contribution is 0.475. The van der Waals surface area contributed by atoms with E-state index in [4.69, 9.17) is 4.42 Å². The van der Waals surface area contributed by atoms with Crippen molar-refractivity contribution in [1.29, 1.82) is 0 Å². The number of thiophene rings is 1. The molecule has 0 unspecified atom stereocenters. The first-order chi connectivity index (χ1) is 11.8. The van der Waals surface area contributed by atoms with Gasteiger partial charge in [-0.15, -0.1) is 22.7 Å². The summed E-state index contributed by atoms with van der Waals surface area (Å²) in [7, 11) is -3.60. The summed E-state index contributed by atoms with van der Waals surface area (Å²) in [6, 6.07) is 5.29. The Labute approximate surface area is 155 Å². The van der Waals surface area contributed by atoms with E-state index in [-0.39, 0.29) is 6.54 Å². The molecule has 0 saturated heterocycles. The van der Waals surface area contributed by atoms with Gasteiger partial charge in [0.25, 0.3) is 0 Å². The number of sulfonamides is 1. The molecule has 8 heteroatoms. The van der Waals surface area contributed by atoms with Gasteiger partial charge in [0, 0.05) is 10.3 Å². The predicted molar refractivity (Wildman–Crippen MR) is 102 cm³/mol. The molecule has 0 atom stereocenters. The van der Waals surface area contributed by atoms with Crippen molar-refractivity contribution in [3.8, 4) is 9.88 Å². The number of furan rings is 1. The fourth-order valence-corrected chi connectivity index (χ4v) is 5.95. The lowest BCUT2D eigenvalue weighted by Crippen LogP contribution is -2.23. The van der Waals surface area contributed by atoms with Gasteiger partial charge in [0.05, 0.1) is 22.0 Å². The molecule has 0 aliphatic heterocycles. The van der Waals surface area contributed by atoms with Gasteiger partial charge in [-0.05, 0) is 38.0 Å². The van der Waals surface area contributed by atoms with Crippen molar-refractivity contribution in [2.45, 2.75) is 45.1 Å². The van der Waals surface area contributed by atoms with Crippen LogP contribution in [0, 0.1) is 13.8 Å². The van der Waals surface area contributed by atoms with E-state index in [9.17, 15) is 8.42 Å². The molecule has 3 heterocycles.